The molecule has 0 aliphatic carbocycles. The van der Waals surface area contributed by atoms with Gasteiger partial charge < -0.3 is 9.47 Å². The average molecular weight is 623 g/mol. The topological polar surface area (TPSA) is 18.5 Å². The minimum atomic E-state index is 0.785. The minimum Gasteiger partial charge on any atom is -0.494 e. The van der Waals surface area contributed by atoms with Gasteiger partial charge in [-0.15, -0.1) is 22.7 Å². The van der Waals surface area contributed by atoms with Gasteiger partial charge >= 0.3 is 0 Å². The maximum atomic E-state index is 5.90. The molecule has 44 heavy (non-hydrogen) atoms. The molecule has 0 aliphatic rings. The highest BCUT2D eigenvalue weighted by Crippen LogP contribution is 2.33. The molecule has 0 N–H and O–H groups in total. The molecule has 230 valence electrons. The standard InChI is InChI=1S/C40H46O2S2/c1-3-5-7-9-11-13-31-41-35-21-15-33(16-22-35)19-25-37-27-29-39(43-37)40-30-28-38(44-40)26-20-34-17-23-36(24-18-34)42-32-14-12-10-8-6-4-2/h15-18,21-24,27-30H,3-14,31-32H2,1-2H3. The van der Waals surface area contributed by atoms with Crippen LogP contribution < -0.4 is 9.47 Å². The Morgan fingerprint density at radius 2 is 0.818 bits per heavy atom. The Morgan fingerprint density at radius 3 is 1.23 bits per heavy atom. The van der Waals surface area contributed by atoms with Crippen LogP contribution in [0.1, 0.15) is 112 Å². The lowest BCUT2D eigenvalue weighted by atomic mass is 10.1. The van der Waals surface area contributed by atoms with Crippen molar-refractivity contribution < 1.29 is 9.47 Å². The predicted molar refractivity (Wildman–Crippen MR) is 190 cm³/mol. The molecule has 0 spiro atoms. The highest BCUT2D eigenvalue weighted by atomic mass is 32.1. The molecule has 0 aliphatic heterocycles. The zero-order valence-corrected chi connectivity index (χ0v) is 28.1. The van der Waals surface area contributed by atoms with Crippen LogP contribution >= 0.6 is 22.7 Å². The second kappa shape index (κ2) is 19.8. The Bertz CT molecular complexity index is 1370. The third-order valence-corrected chi connectivity index (χ3v) is 9.55. The van der Waals surface area contributed by atoms with Crippen LogP contribution in [0.3, 0.4) is 0 Å². The number of benzene rings is 2. The zero-order chi connectivity index (χ0) is 30.7. The summed E-state index contributed by atoms with van der Waals surface area (Å²) in [6.45, 7) is 6.07. The van der Waals surface area contributed by atoms with Gasteiger partial charge in [-0.3, -0.25) is 0 Å². The number of hydrogen-bond acceptors (Lipinski definition) is 4. The quantitative estimate of drug-likeness (QED) is 0.0861. The molecule has 0 atom stereocenters. The third kappa shape index (κ3) is 12.3. The van der Waals surface area contributed by atoms with E-state index in [-0.39, 0.29) is 0 Å². The van der Waals surface area contributed by atoms with E-state index in [1.165, 1.54) is 74.0 Å². The molecular weight excluding hydrogens is 577 g/mol. The van der Waals surface area contributed by atoms with Gasteiger partial charge in [0.1, 0.15) is 11.5 Å². The molecule has 4 heteroatoms. The van der Waals surface area contributed by atoms with E-state index in [9.17, 15) is 0 Å². The first-order chi connectivity index (χ1) is 21.7. The van der Waals surface area contributed by atoms with E-state index in [0.29, 0.717) is 0 Å². The van der Waals surface area contributed by atoms with Crippen molar-refractivity contribution in [2.45, 2.75) is 90.9 Å². The van der Waals surface area contributed by atoms with Gasteiger partial charge in [0.2, 0.25) is 0 Å². The predicted octanol–water partition coefficient (Wildman–Crippen LogP) is 11.8. The number of thiophene rings is 2. The molecule has 0 fully saturated rings. The number of unbranched alkanes of at least 4 members (excludes halogenated alkanes) is 10. The zero-order valence-electron chi connectivity index (χ0n) is 26.5. The molecule has 0 saturated heterocycles. The SMILES string of the molecule is CCCCCCCCOc1ccc(C#Cc2ccc(-c3ccc(C#Cc4ccc(OCCCCCCCC)cc4)s3)s2)cc1. The lowest BCUT2D eigenvalue weighted by molar-refractivity contribution is 0.304. The van der Waals surface area contributed by atoms with Crippen molar-refractivity contribution in [1.29, 1.82) is 0 Å². The summed E-state index contributed by atoms with van der Waals surface area (Å²) in [6, 6.07) is 24.8. The number of rotatable bonds is 17. The van der Waals surface area contributed by atoms with Crippen LogP contribution in [0.2, 0.25) is 0 Å². The van der Waals surface area contributed by atoms with Crippen molar-refractivity contribution in [1.82, 2.24) is 0 Å². The molecule has 0 radical (unpaired) electrons. The van der Waals surface area contributed by atoms with Gasteiger partial charge in [-0.2, -0.15) is 0 Å². The second-order valence-corrected chi connectivity index (χ2v) is 13.3. The Kier molecular flexibility index (Phi) is 15.0. The summed E-state index contributed by atoms with van der Waals surface area (Å²) in [5, 5.41) is 0. The van der Waals surface area contributed by atoms with Gasteiger partial charge in [-0.1, -0.05) is 102 Å². The summed E-state index contributed by atoms with van der Waals surface area (Å²) < 4.78 is 11.8. The van der Waals surface area contributed by atoms with E-state index in [0.717, 1.165) is 58.4 Å². The van der Waals surface area contributed by atoms with Crippen LogP contribution in [-0.4, -0.2) is 13.2 Å². The van der Waals surface area contributed by atoms with E-state index in [2.05, 4.69) is 61.8 Å². The second-order valence-electron chi connectivity index (χ2n) is 11.1. The first-order valence-corrected chi connectivity index (χ1v) is 18.1. The fourth-order valence-electron chi connectivity index (χ4n) is 4.76. The third-order valence-electron chi connectivity index (χ3n) is 7.36. The number of hydrogen-bond donors (Lipinski definition) is 0. The molecular formula is C40H46O2S2. The van der Waals surface area contributed by atoms with Crippen LogP contribution in [0.15, 0.2) is 72.8 Å². The van der Waals surface area contributed by atoms with Crippen molar-refractivity contribution in [2.75, 3.05) is 13.2 Å². The highest BCUT2D eigenvalue weighted by Gasteiger charge is 2.05. The Hall–Kier alpha value is -3.44. The van der Waals surface area contributed by atoms with Crippen LogP contribution in [0, 0.1) is 23.7 Å². The van der Waals surface area contributed by atoms with Crippen molar-refractivity contribution in [3.8, 4) is 44.9 Å². The average Bonchev–Trinajstić information content (AvgIpc) is 3.73. The van der Waals surface area contributed by atoms with E-state index in [4.69, 9.17) is 9.47 Å². The summed E-state index contributed by atoms with van der Waals surface area (Å²) in [5.41, 5.74) is 2.00. The molecule has 0 amide bonds. The first-order valence-electron chi connectivity index (χ1n) is 16.4. The maximum absolute atomic E-state index is 5.90. The largest absolute Gasteiger partial charge is 0.494 e. The van der Waals surface area contributed by atoms with Crippen LogP contribution in [0.25, 0.3) is 9.75 Å². The fraction of sp³-hybridized carbons (Fsp3) is 0.400. The maximum Gasteiger partial charge on any atom is 0.119 e. The van der Waals surface area contributed by atoms with Gasteiger partial charge in [-0.25, -0.2) is 0 Å². The molecule has 0 saturated carbocycles. The molecule has 2 aromatic heterocycles. The van der Waals surface area contributed by atoms with Crippen molar-refractivity contribution in [2.24, 2.45) is 0 Å². The van der Waals surface area contributed by atoms with Gasteiger partial charge in [0.15, 0.2) is 0 Å². The summed E-state index contributed by atoms with van der Waals surface area (Å²) >= 11 is 3.44. The van der Waals surface area contributed by atoms with Crippen LogP contribution in [0.4, 0.5) is 0 Å². The van der Waals surface area contributed by atoms with Crippen molar-refractivity contribution >= 4 is 22.7 Å². The van der Waals surface area contributed by atoms with E-state index < -0.39 is 0 Å². The lowest BCUT2D eigenvalue weighted by Crippen LogP contribution is -1.97. The smallest absolute Gasteiger partial charge is 0.119 e. The Labute approximate surface area is 273 Å². The van der Waals surface area contributed by atoms with Gasteiger partial charge in [0.25, 0.3) is 0 Å². The van der Waals surface area contributed by atoms with Crippen LogP contribution in [0.5, 0.6) is 11.5 Å². The van der Waals surface area contributed by atoms with Crippen molar-refractivity contribution in [3.63, 3.8) is 0 Å². The Morgan fingerprint density at radius 1 is 0.432 bits per heavy atom. The summed E-state index contributed by atoms with van der Waals surface area (Å²) in [6.07, 6.45) is 15.3. The molecule has 2 aromatic carbocycles. The normalized spacial score (nSPS) is 10.5. The molecule has 0 bridgehead atoms. The number of ether oxygens (including phenoxy) is 2. The van der Waals surface area contributed by atoms with Gasteiger partial charge in [0.05, 0.1) is 23.0 Å². The highest BCUT2D eigenvalue weighted by molar-refractivity contribution is 7.22. The van der Waals surface area contributed by atoms with E-state index >= 15 is 0 Å². The van der Waals surface area contributed by atoms with Gasteiger partial charge in [0, 0.05) is 20.9 Å². The Balaban J connectivity index is 1.21. The molecule has 0 unspecified atom stereocenters. The van der Waals surface area contributed by atoms with E-state index in [1.54, 1.807) is 22.7 Å². The van der Waals surface area contributed by atoms with Crippen molar-refractivity contribution in [3.05, 3.63) is 93.7 Å². The summed E-state index contributed by atoms with van der Waals surface area (Å²) in [4.78, 5) is 4.56. The molecule has 2 nitrogen and oxygen atoms in total. The summed E-state index contributed by atoms with van der Waals surface area (Å²) in [7, 11) is 0. The molecule has 4 rings (SSSR count). The molecule has 2 heterocycles. The first kappa shape index (κ1) is 33.5. The van der Waals surface area contributed by atoms with E-state index in [1.807, 2.05) is 48.5 Å². The van der Waals surface area contributed by atoms with Gasteiger partial charge in [-0.05, 0) is 85.6 Å². The van der Waals surface area contributed by atoms with Crippen LogP contribution in [-0.2, 0) is 0 Å². The summed E-state index contributed by atoms with van der Waals surface area (Å²) in [5.74, 6) is 15.1. The molecule has 4 aromatic rings. The minimum absolute atomic E-state index is 0.785. The lowest BCUT2D eigenvalue weighted by Gasteiger charge is -2.06. The fourth-order valence-corrected chi connectivity index (χ4v) is 6.57. The monoisotopic (exact) mass is 622 g/mol.